The lowest BCUT2D eigenvalue weighted by Crippen LogP contribution is -2.49. The van der Waals surface area contributed by atoms with Gasteiger partial charge in [-0.3, -0.25) is 0 Å². The molecule has 0 N–H and O–H groups in total. The third-order valence-electron chi connectivity index (χ3n) is 7.79. The molecule has 0 spiro atoms. The lowest BCUT2D eigenvalue weighted by Gasteiger charge is -2.27. The molecule has 0 atom stereocenters. The highest BCUT2D eigenvalue weighted by Gasteiger charge is 2.37. The summed E-state index contributed by atoms with van der Waals surface area (Å²) >= 11 is 6.43. The van der Waals surface area contributed by atoms with Crippen LogP contribution in [-0.4, -0.2) is 8.07 Å². The number of fused-ring (bicyclic) bond motifs is 6. The molecule has 4 heteroatoms. The highest BCUT2D eigenvalue weighted by atomic mass is 35.5. The highest BCUT2D eigenvalue weighted by Crippen LogP contribution is 2.40. The number of furan rings is 1. The number of halogens is 1. The molecule has 1 aliphatic rings. The smallest absolute Gasteiger partial charge is 0.137 e. The molecule has 5 aromatic carbocycles. The van der Waals surface area contributed by atoms with Crippen LogP contribution in [0.15, 0.2) is 108 Å². The number of rotatable bonds is 3. The SMILES string of the molecule is Cc1ccc(N(c2ccc3c(c2)-c2ccc(Cl)cc2[Si]3(C)C)c2ccc3c(c2)oc2ccccc23)cc1. The number of anilines is 3. The Hall–Kier alpha value is -3.79. The van der Waals surface area contributed by atoms with E-state index in [0.717, 1.165) is 44.0 Å². The highest BCUT2D eigenvalue weighted by molar-refractivity contribution is 7.03. The van der Waals surface area contributed by atoms with E-state index >= 15 is 0 Å². The van der Waals surface area contributed by atoms with Crippen molar-refractivity contribution < 1.29 is 4.42 Å². The molecule has 7 rings (SSSR count). The van der Waals surface area contributed by atoms with Gasteiger partial charge in [0.15, 0.2) is 0 Å². The van der Waals surface area contributed by atoms with Gasteiger partial charge in [-0.25, -0.2) is 0 Å². The van der Waals surface area contributed by atoms with Crippen LogP contribution in [-0.2, 0) is 0 Å². The van der Waals surface area contributed by atoms with E-state index < -0.39 is 8.07 Å². The Bertz CT molecular complexity index is 1830. The molecule has 0 unspecified atom stereocenters. The largest absolute Gasteiger partial charge is 0.456 e. The van der Waals surface area contributed by atoms with Gasteiger partial charge in [-0.1, -0.05) is 72.7 Å². The van der Waals surface area contributed by atoms with Crippen molar-refractivity contribution in [3.63, 3.8) is 0 Å². The van der Waals surface area contributed by atoms with Gasteiger partial charge in [-0.2, -0.15) is 0 Å². The molecule has 180 valence electrons. The van der Waals surface area contributed by atoms with Gasteiger partial charge in [-0.05, 0) is 83.0 Å². The molecule has 0 saturated heterocycles. The summed E-state index contributed by atoms with van der Waals surface area (Å²) in [5.74, 6) is 0. The van der Waals surface area contributed by atoms with Gasteiger partial charge >= 0.3 is 0 Å². The number of benzene rings is 5. The van der Waals surface area contributed by atoms with Gasteiger partial charge in [0.25, 0.3) is 0 Å². The van der Waals surface area contributed by atoms with E-state index in [1.807, 2.05) is 18.2 Å². The average Bonchev–Trinajstić information content (AvgIpc) is 3.37. The quantitative estimate of drug-likeness (QED) is 0.219. The second-order valence-corrected chi connectivity index (χ2v) is 15.3. The third kappa shape index (κ3) is 3.46. The van der Waals surface area contributed by atoms with E-state index in [-0.39, 0.29) is 0 Å². The number of nitrogens with zero attached hydrogens (tertiary/aromatic N) is 1. The van der Waals surface area contributed by atoms with Crippen molar-refractivity contribution in [2.45, 2.75) is 20.0 Å². The van der Waals surface area contributed by atoms with Gasteiger partial charge in [0, 0.05) is 38.9 Å². The summed E-state index contributed by atoms with van der Waals surface area (Å²) in [6, 6.07) is 36.8. The summed E-state index contributed by atoms with van der Waals surface area (Å²) in [5, 5.41) is 5.97. The topological polar surface area (TPSA) is 16.4 Å². The van der Waals surface area contributed by atoms with Gasteiger partial charge in [0.05, 0.1) is 0 Å². The molecular formula is C33H26ClNOSi. The van der Waals surface area contributed by atoms with Gasteiger partial charge in [-0.15, -0.1) is 0 Å². The maximum absolute atomic E-state index is 6.43. The van der Waals surface area contributed by atoms with Crippen LogP contribution in [0.5, 0.6) is 0 Å². The van der Waals surface area contributed by atoms with Gasteiger partial charge in [0.1, 0.15) is 19.2 Å². The molecule has 0 aliphatic carbocycles. The molecule has 6 aromatic rings. The number of aryl methyl sites for hydroxylation is 1. The first-order valence-electron chi connectivity index (χ1n) is 12.6. The first-order valence-corrected chi connectivity index (χ1v) is 16.0. The van der Waals surface area contributed by atoms with Crippen molar-refractivity contribution in [2.24, 2.45) is 0 Å². The van der Waals surface area contributed by atoms with Crippen molar-refractivity contribution in [1.82, 2.24) is 0 Å². The Balaban J connectivity index is 1.44. The Kier molecular flexibility index (Phi) is 4.91. The van der Waals surface area contributed by atoms with E-state index in [2.05, 4.69) is 110 Å². The summed E-state index contributed by atoms with van der Waals surface area (Å²) in [4.78, 5) is 2.33. The second kappa shape index (κ2) is 8.11. The summed E-state index contributed by atoms with van der Waals surface area (Å²) < 4.78 is 6.26. The van der Waals surface area contributed by atoms with Crippen molar-refractivity contribution in [3.05, 3.63) is 114 Å². The van der Waals surface area contributed by atoms with Gasteiger partial charge < -0.3 is 9.32 Å². The summed E-state index contributed by atoms with van der Waals surface area (Å²) in [6.07, 6.45) is 0. The molecule has 0 saturated carbocycles. The summed E-state index contributed by atoms with van der Waals surface area (Å²) in [7, 11) is -1.81. The van der Waals surface area contributed by atoms with Crippen LogP contribution in [0.2, 0.25) is 18.1 Å². The van der Waals surface area contributed by atoms with Crippen LogP contribution in [0.1, 0.15) is 5.56 Å². The molecule has 0 bridgehead atoms. The number of para-hydroxylation sites is 1. The van der Waals surface area contributed by atoms with E-state index in [1.54, 1.807) is 0 Å². The standard InChI is InChI=1S/C33H26ClNOSi/c1-21-8-11-23(12-9-21)35(25-13-16-27-26-6-4-5-7-30(26)36-31(27)20-25)24-14-17-32-29(19-24)28-15-10-22(34)18-33(28)37(32,2)3/h4-20H,1-3H3. The molecule has 1 aromatic heterocycles. The predicted molar refractivity (Wildman–Crippen MR) is 160 cm³/mol. The number of hydrogen-bond donors (Lipinski definition) is 0. The Labute approximate surface area is 222 Å². The van der Waals surface area contributed by atoms with Crippen molar-refractivity contribution in [2.75, 3.05) is 4.90 Å². The number of hydrogen-bond acceptors (Lipinski definition) is 2. The molecule has 1 aliphatic heterocycles. The molecule has 2 nitrogen and oxygen atoms in total. The first kappa shape index (κ1) is 22.4. The zero-order valence-electron chi connectivity index (χ0n) is 21.0. The van der Waals surface area contributed by atoms with Crippen LogP contribution in [0.25, 0.3) is 33.1 Å². The Morgan fingerprint density at radius 1 is 0.622 bits per heavy atom. The van der Waals surface area contributed by atoms with Crippen LogP contribution >= 0.6 is 11.6 Å². The fourth-order valence-electron chi connectivity index (χ4n) is 5.85. The Morgan fingerprint density at radius 3 is 2.16 bits per heavy atom. The van der Waals surface area contributed by atoms with Crippen LogP contribution < -0.4 is 15.3 Å². The van der Waals surface area contributed by atoms with Crippen LogP contribution in [0.3, 0.4) is 0 Å². The van der Waals surface area contributed by atoms with Crippen molar-refractivity contribution >= 4 is 69.0 Å². The molecule has 0 radical (unpaired) electrons. The molecule has 2 heterocycles. The predicted octanol–water partition coefficient (Wildman–Crippen LogP) is 8.82. The molecular weight excluding hydrogens is 490 g/mol. The second-order valence-electron chi connectivity index (χ2n) is 10.5. The zero-order chi connectivity index (χ0) is 25.3. The van der Waals surface area contributed by atoms with E-state index in [9.17, 15) is 0 Å². The normalized spacial score (nSPS) is 13.6. The van der Waals surface area contributed by atoms with Crippen LogP contribution in [0.4, 0.5) is 17.1 Å². The van der Waals surface area contributed by atoms with E-state index in [0.29, 0.717) is 0 Å². The summed E-state index contributed by atoms with van der Waals surface area (Å²) in [5.41, 5.74) is 9.00. The van der Waals surface area contributed by atoms with Gasteiger partial charge in [0.2, 0.25) is 0 Å². The maximum atomic E-state index is 6.43. The minimum Gasteiger partial charge on any atom is -0.456 e. The minimum atomic E-state index is -1.81. The summed E-state index contributed by atoms with van der Waals surface area (Å²) in [6.45, 7) is 6.96. The van der Waals surface area contributed by atoms with E-state index in [4.69, 9.17) is 16.0 Å². The monoisotopic (exact) mass is 515 g/mol. The lowest BCUT2D eigenvalue weighted by atomic mass is 10.0. The fourth-order valence-corrected chi connectivity index (χ4v) is 9.19. The van der Waals surface area contributed by atoms with Crippen molar-refractivity contribution in [3.8, 4) is 11.1 Å². The fraction of sp³-hybridized carbons (Fsp3) is 0.0909. The Morgan fingerprint density at radius 2 is 1.32 bits per heavy atom. The average molecular weight is 516 g/mol. The zero-order valence-corrected chi connectivity index (χ0v) is 22.8. The molecule has 0 amide bonds. The lowest BCUT2D eigenvalue weighted by molar-refractivity contribution is 0.669. The maximum Gasteiger partial charge on any atom is 0.137 e. The molecule has 0 fully saturated rings. The van der Waals surface area contributed by atoms with Crippen LogP contribution in [0, 0.1) is 6.92 Å². The third-order valence-corrected chi connectivity index (χ3v) is 11.6. The minimum absolute atomic E-state index is 0.813. The first-order chi connectivity index (χ1) is 17.9. The van der Waals surface area contributed by atoms with Crippen molar-refractivity contribution in [1.29, 1.82) is 0 Å². The molecule has 37 heavy (non-hydrogen) atoms. The van der Waals surface area contributed by atoms with E-state index in [1.165, 1.54) is 27.1 Å².